The van der Waals surface area contributed by atoms with Crippen LogP contribution in [0.15, 0.2) is 42.5 Å². The summed E-state index contributed by atoms with van der Waals surface area (Å²) < 4.78 is 33.6. The van der Waals surface area contributed by atoms with Gasteiger partial charge in [-0.05, 0) is 56.1 Å². The first-order chi connectivity index (χ1) is 10.3. The first-order valence-corrected chi connectivity index (χ1v) is 7.17. The standard InChI is InChI=1S/C17H17F2NO/c18-13-4-1-2-6-15(13)21-16-7-3-5-14(19)17(16)12-8-10-20-11-9-12/h1-7,12,20H,8-11H2. The zero-order valence-corrected chi connectivity index (χ0v) is 11.6. The van der Waals surface area contributed by atoms with Crippen LogP contribution in [0.25, 0.3) is 0 Å². The number of ether oxygens (including phenoxy) is 1. The molecule has 1 saturated heterocycles. The van der Waals surface area contributed by atoms with E-state index >= 15 is 0 Å². The lowest BCUT2D eigenvalue weighted by atomic mass is 9.89. The van der Waals surface area contributed by atoms with E-state index in [1.165, 1.54) is 12.1 Å². The fourth-order valence-corrected chi connectivity index (χ4v) is 2.76. The number of nitrogens with one attached hydrogen (secondary N) is 1. The minimum Gasteiger partial charge on any atom is -0.454 e. The lowest BCUT2D eigenvalue weighted by molar-refractivity contribution is 0.401. The molecule has 0 unspecified atom stereocenters. The second kappa shape index (κ2) is 6.22. The third-order valence-electron chi connectivity index (χ3n) is 3.82. The Hall–Kier alpha value is -1.94. The number of hydrogen-bond acceptors (Lipinski definition) is 2. The third-order valence-corrected chi connectivity index (χ3v) is 3.82. The van der Waals surface area contributed by atoms with Crippen molar-refractivity contribution in [2.75, 3.05) is 13.1 Å². The summed E-state index contributed by atoms with van der Waals surface area (Å²) in [4.78, 5) is 0. The predicted molar refractivity (Wildman–Crippen MR) is 77.7 cm³/mol. The number of halogens is 2. The summed E-state index contributed by atoms with van der Waals surface area (Å²) in [5.74, 6) is -0.0896. The lowest BCUT2D eigenvalue weighted by Gasteiger charge is -2.25. The molecule has 1 heterocycles. The normalized spacial score (nSPS) is 15.9. The van der Waals surface area contributed by atoms with Crippen molar-refractivity contribution < 1.29 is 13.5 Å². The van der Waals surface area contributed by atoms with Crippen molar-refractivity contribution in [1.29, 1.82) is 0 Å². The van der Waals surface area contributed by atoms with Gasteiger partial charge in [-0.1, -0.05) is 18.2 Å². The van der Waals surface area contributed by atoms with Crippen LogP contribution in [0, 0.1) is 11.6 Å². The van der Waals surface area contributed by atoms with Crippen LogP contribution < -0.4 is 10.1 Å². The smallest absolute Gasteiger partial charge is 0.165 e. The summed E-state index contributed by atoms with van der Waals surface area (Å²) in [6.45, 7) is 1.72. The van der Waals surface area contributed by atoms with E-state index < -0.39 is 5.82 Å². The van der Waals surface area contributed by atoms with Gasteiger partial charge in [0.1, 0.15) is 11.6 Å². The Morgan fingerprint density at radius 1 is 0.857 bits per heavy atom. The molecular weight excluding hydrogens is 272 g/mol. The van der Waals surface area contributed by atoms with Crippen LogP contribution >= 0.6 is 0 Å². The van der Waals surface area contributed by atoms with Crippen molar-refractivity contribution in [2.24, 2.45) is 0 Å². The SMILES string of the molecule is Fc1ccccc1Oc1cccc(F)c1C1CCNCC1. The highest BCUT2D eigenvalue weighted by Crippen LogP contribution is 2.37. The summed E-state index contributed by atoms with van der Waals surface area (Å²) in [6, 6.07) is 10.9. The van der Waals surface area contributed by atoms with Crippen LogP contribution in [0.2, 0.25) is 0 Å². The van der Waals surface area contributed by atoms with Gasteiger partial charge in [-0.2, -0.15) is 0 Å². The van der Waals surface area contributed by atoms with Crippen LogP contribution in [0.4, 0.5) is 8.78 Å². The molecule has 0 bridgehead atoms. The second-order valence-corrected chi connectivity index (χ2v) is 5.21. The van der Waals surface area contributed by atoms with Gasteiger partial charge in [0.15, 0.2) is 11.6 Å². The lowest BCUT2D eigenvalue weighted by Crippen LogP contribution is -2.27. The highest BCUT2D eigenvalue weighted by molar-refractivity contribution is 5.41. The fraction of sp³-hybridized carbons (Fsp3) is 0.294. The Bertz CT molecular complexity index is 624. The Morgan fingerprint density at radius 3 is 2.29 bits per heavy atom. The molecule has 0 saturated carbocycles. The fourth-order valence-electron chi connectivity index (χ4n) is 2.76. The Kier molecular flexibility index (Phi) is 4.15. The average Bonchev–Trinajstić information content (AvgIpc) is 2.51. The summed E-state index contributed by atoms with van der Waals surface area (Å²) >= 11 is 0. The van der Waals surface area contributed by atoms with Gasteiger partial charge in [0.2, 0.25) is 0 Å². The minimum atomic E-state index is -0.446. The van der Waals surface area contributed by atoms with Crippen molar-refractivity contribution in [3.63, 3.8) is 0 Å². The van der Waals surface area contributed by atoms with E-state index in [1.54, 1.807) is 30.3 Å². The number of para-hydroxylation sites is 1. The Morgan fingerprint density at radius 2 is 1.52 bits per heavy atom. The summed E-state index contributed by atoms with van der Waals surface area (Å²) in [5, 5.41) is 3.26. The van der Waals surface area contributed by atoms with Crippen molar-refractivity contribution in [3.05, 3.63) is 59.7 Å². The van der Waals surface area contributed by atoms with Crippen LogP contribution in [0.3, 0.4) is 0 Å². The molecule has 3 rings (SSSR count). The third kappa shape index (κ3) is 3.05. The molecule has 1 fully saturated rings. The van der Waals surface area contributed by atoms with E-state index in [-0.39, 0.29) is 17.5 Å². The maximum absolute atomic E-state index is 14.2. The molecular formula is C17H17F2NO. The van der Waals surface area contributed by atoms with Crippen LogP contribution in [0.5, 0.6) is 11.5 Å². The van der Waals surface area contributed by atoms with Crippen LogP contribution in [0.1, 0.15) is 24.3 Å². The van der Waals surface area contributed by atoms with Crippen molar-refractivity contribution >= 4 is 0 Å². The van der Waals surface area contributed by atoms with Gasteiger partial charge < -0.3 is 10.1 Å². The number of rotatable bonds is 3. The molecule has 4 heteroatoms. The zero-order chi connectivity index (χ0) is 14.7. The quantitative estimate of drug-likeness (QED) is 0.913. The molecule has 110 valence electrons. The molecule has 2 aromatic carbocycles. The van der Waals surface area contributed by atoms with Gasteiger partial charge >= 0.3 is 0 Å². The summed E-state index contributed by atoms with van der Waals surface area (Å²) in [5.41, 5.74) is 0.558. The molecule has 2 nitrogen and oxygen atoms in total. The molecule has 21 heavy (non-hydrogen) atoms. The topological polar surface area (TPSA) is 21.3 Å². The van der Waals surface area contributed by atoms with Gasteiger partial charge in [-0.15, -0.1) is 0 Å². The van der Waals surface area contributed by atoms with Crippen molar-refractivity contribution in [1.82, 2.24) is 5.32 Å². The van der Waals surface area contributed by atoms with Crippen molar-refractivity contribution in [2.45, 2.75) is 18.8 Å². The van der Waals surface area contributed by atoms with Gasteiger partial charge in [0.05, 0.1) is 0 Å². The molecule has 2 aromatic rings. The molecule has 1 aliphatic rings. The van der Waals surface area contributed by atoms with Crippen LogP contribution in [-0.2, 0) is 0 Å². The van der Waals surface area contributed by atoms with E-state index in [4.69, 9.17) is 4.74 Å². The first-order valence-electron chi connectivity index (χ1n) is 7.17. The zero-order valence-electron chi connectivity index (χ0n) is 11.6. The van der Waals surface area contributed by atoms with Gasteiger partial charge in [-0.25, -0.2) is 8.78 Å². The first kappa shape index (κ1) is 14.0. The second-order valence-electron chi connectivity index (χ2n) is 5.21. The van der Waals surface area contributed by atoms with E-state index in [2.05, 4.69) is 5.32 Å². The maximum atomic E-state index is 14.2. The average molecular weight is 289 g/mol. The van der Waals surface area contributed by atoms with Gasteiger partial charge in [0, 0.05) is 5.56 Å². The predicted octanol–water partition coefficient (Wildman–Crippen LogP) is 4.22. The van der Waals surface area contributed by atoms with Gasteiger partial charge in [0.25, 0.3) is 0 Å². The van der Waals surface area contributed by atoms with E-state index in [0.29, 0.717) is 11.3 Å². The van der Waals surface area contributed by atoms with E-state index in [9.17, 15) is 8.78 Å². The molecule has 1 N–H and O–H groups in total. The molecule has 0 radical (unpaired) electrons. The number of benzene rings is 2. The highest BCUT2D eigenvalue weighted by atomic mass is 19.1. The number of piperidine rings is 1. The largest absolute Gasteiger partial charge is 0.454 e. The maximum Gasteiger partial charge on any atom is 0.165 e. The minimum absolute atomic E-state index is 0.106. The molecule has 0 aromatic heterocycles. The highest BCUT2D eigenvalue weighted by Gasteiger charge is 2.23. The van der Waals surface area contributed by atoms with Gasteiger partial charge in [-0.3, -0.25) is 0 Å². The Balaban J connectivity index is 1.95. The van der Waals surface area contributed by atoms with Crippen molar-refractivity contribution in [3.8, 4) is 11.5 Å². The molecule has 0 aliphatic carbocycles. The monoisotopic (exact) mass is 289 g/mol. The number of hydrogen-bond donors (Lipinski definition) is 1. The van der Waals surface area contributed by atoms with E-state index in [0.717, 1.165) is 25.9 Å². The molecule has 0 spiro atoms. The summed E-state index contributed by atoms with van der Waals surface area (Å²) in [6.07, 6.45) is 1.71. The molecule has 0 atom stereocenters. The van der Waals surface area contributed by atoms with Crippen LogP contribution in [-0.4, -0.2) is 13.1 Å². The molecule has 1 aliphatic heterocycles. The van der Waals surface area contributed by atoms with E-state index in [1.807, 2.05) is 0 Å². The summed E-state index contributed by atoms with van der Waals surface area (Å²) in [7, 11) is 0. The Labute approximate surface area is 122 Å². The molecule has 0 amide bonds.